The van der Waals surface area contributed by atoms with Crippen LogP contribution in [0.15, 0.2) is 21.2 Å². The summed E-state index contributed by atoms with van der Waals surface area (Å²) in [5.74, 6) is 3.20. The molecule has 120 valence electrons. The summed E-state index contributed by atoms with van der Waals surface area (Å²) in [5.41, 5.74) is 0. The second-order valence-corrected chi connectivity index (χ2v) is 6.93. The minimum atomic E-state index is 0.375. The van der Waals surface area contributed by atoms with Crippen LogP contribution in [0.25, 0.3) is 0 Å². The number of furan rings is 1. The molecule has 0 spiro atoms. The molecule has 1 aliphatic rings. The minimum Gasteiger partial charge on any atom is -0.453 e. The molecule has 1 fully saturated rings. The first-order chi connectivity index (χ1) is 10.5. The predicted molar refractivity (Wildman–Crippen MR) is 87.6 cm³/mol. The highest BCUT2D eigenvalue weighted by molar-refractivity contribution is 9.10. The summed E-state index contributed by atoms with van der Waals surface area (Å²) >= 11 is 3.36. The Morgan fingerprint density at radius 1 is 1.45 bits per heavy atom. The van der Waals surface area contributed by atoms with Gasteiger partial charge in [-0.3, -0.25) is 10.00 Å². The standard InChI is InChI=1S/C15H22BrN5O/c1-10-17-15(19-18-10)12-6-7-21(9-13(12)20(2)3)8-11-4-5-14(16)22-11/h4-5,12-13H,6-9H2,1-3H3,(H,17,18,19)/t12-,13+/m0/s1. The highest BCUT2D eigenvalue weighted by Gasteiger charge is 2.34. The predicted octanol–water partition coefficient (Wildman–Crippen LogP) is 2.39. The molecule has 6 nitrogen and oxygen atoms in total. The first kappa shape index (κ1) is 15.7. The third kappa shape index (κ3) is 3.42. The average molecular weight is 368 g/mol. The largest absolute Gasteiger partial charge is 0.453 e. The molecule has 22 heavy (non-hydrogen) atoms. The van der Waals surface area contributed by atoms with Gasteiger partial charge in [0.25, 0.3) is 0 Å². The smallest absolute Gasteiger partial charge is 0.169 e. The van der Waals surface area contributed by atoms with E-state index in [1.807, 2.05) is 19.1 Å². The number of hydrogen-bond acceptors (Lipinski definition) is 5. The zero-order valence-corrected chi connectivity index (χ0v) is 14.8. The Kier molecular flexibility index (Phi) is 4.65. The van der Waals surface area contributed by atoms with Gasteiger partial charge < -0.3 is 9.32 Å². The summed E-state index contributed by atoms with van der Waals surface area (Å²) in [6.45, 7) is 4.81. The van der Waals surface area contributed by atoms with E-state index < -0.39 is 0 Å². The third-order valence-electron chi connectivity index (χ3n) is 4.28. The van der Waals surface area contributed by atoms with E-state index in [9.17, 15) is 0 Å². The molecule has 1 aliphatic heterocycles. The van der Waals surface area contributed by atoms with Gasteiger partial charge >= 0.3 is 0 Å². The van der Waals surface area contributed by atoms with Gasteiger partial charge in [-0.25, -0.2) is 4.98 Å². The highest BCUT2D eigenvalue weighted by atomic mass is 79.9. The lowest BCUT2D eigenvalue weighted by atomic mass is 9.90. The number of aromatic nitrogens is 3. The zero-order chi connectivity index (χ0) is 15.7. The summed E-state index contributed by atoms with van der Waals surface area (Å²) in [6.07, 6.45) is 1.06. The van der Waals surface area contributed by atoms with Crippen molar-refractivity contribution >= 4 is 15.9 Å². The van der Waals surface area contributed by atoms with Crippen LogP contribution in [0.3, 0.4) is 0 Å². The highest BCUT2D eigenvalue weighted by Crippen LogP contribution is 2.29. The first-order valence-corrected chi connectivity index (χ1v) is 8.34. The van der Waals surface area contributed by atoms with Crippen molar-refractivity contribution in [2.24, 2.45) is 0 Å². The molecular weight excluding hydrogens is 346 g/mol. The number of rotatable bonds is 4. The van der Waals surface area contributed by atoms with Crippen molar-refractivity contribution in [3.63, 3.8) is 0 Å². The van der Waals surface area contributed by atoms with Crippen molar-refractivity contribution in [3.8, 4) is 0 Å². The summed E-state index contributed by atoms with van der Waals surface area (Å²) in [4.78, 5) is 9.26. The zero-order valence-electron chi connectivity index (χ0n) is 13.2. The Labute approximate surface area is 139 Å². The van der Waals surface area contributed by atoms with E-state index in [0.29, 0.717) is 12.0 Å². The number of halogens is 1. The quantitative estimate of drug-likeness (QED) is 0.898. The minimum absolute atomic E-state index is 0.375. The Balaban J connectivity index is 1.70. The molecule has 0 unspecified atom stereocenters. The van der Waals surface area contributed by atoms with Crippen LogP contribution in [0.1, 0.15) is 29.7 Å². The summed E-state index contributed by atoms with van der Waals surface area (Å²) < 4.78 is 6.42. The molecule has 0 radical (unpaired) electrons. The normalized spacial score (nSPS) is 23.3. The van der Waals surface area contributed by atoms with E-state index in [1.165, 1.54) is 0 Å². The number of aryl methyl sites for hydroxylation is 1. The lowest BCUT2D eigenvalue weighted by Crippen LogP contribution is -2.49. The van der Waals surface area contributed by atoms with Crippen molar-refractivity contribution in [2.75, 3.05) is 27.2 Å². The maximum Gasteiger partial charge on any atom is 0.169 e. The molecule has 7 heteroatoms. The lowest BCUT2D eigenvalue weighted by Gasteiger charge is -2.40. The summed E-state index contributed by atoms with van der Waals surface area (Å²) in [6, 6.07) is 4.38. The molecule has 0 amide bonds. The van der Waals surface area contributed by atoms with Crippen molar-refractivity contribution in [2.45, 2.75) is 31.8 Å². The van der Waals surface area contributed by atoms with Crippen molar-refractivity contribution < 1.29 is 4.42 Å². The van der Waals surface area contributed by atoms with Crippen LogP contribution < -0.4 is 0 Å². The van der Waals surface area contributed by atoms with E-state index >= 15 is 0 Å². The molecular formula is C15H22BrN5O. The van der Waals surface area contributed by atoms with Gasteiger partial charge in [-0.2, -0.15) is 5.10 Å². The van der Waals surface area contributed by atoms with Gasteiger partial charge in [-0.05, 0) is 62.0 Å². The number of likely N-dealkylation sites (N-methyl/N-ethyl adjacent to an activating group) is 1. The van der Waals surface area contributed by atoms with Gasteiger partial charge in [0.05, 0.1) is 6.54 Å². The Bertz CT molecular complexity index is 623. The fourth-order valence-electron chi connectivity index (χ4n) is 3.15. The van der Waals surface area contributed by atoms with Crippen molar-refractivity contribution in [1.82, 2.24) is 25.0 Å². The van der Waals surface area contributed by atoms with Gasteiger partial charge in [0.2, 0.25) is 0 Å². The SMILES string of the molecule is Cc1nc([C@H]2CCN(Cc3ccc(Br)o3)C[C@H]2N(C)C)n[nH]1. The van der Waals surface area contributed by atoms with Crippen LogP contribution in [0, 0.1) is 6.92 Å². The Morgan fingerprint density at radius 2 is 2.27 bits per heavy atom. The molecule has 0 saturated carbocycles. The average Bonchev–Trinajstić information content (AvgIpc) is 3.07. The van der Waals surface area contributed by atoms with Crippen LogP contribution in [0.5, 0.6) is 0 Å². The molecule has 0 aromatic carbocycles. The molecule has 0 aliphatic carbocycles. The molecule has 1 N–H and O–H groups in total. The Morgan fingerprint density at radius 3 is 2.86 bits per heavy atom. The van der Waals surface area contributed by atoms with Crippen molar-refractivity contribution in [1.29, 1.82) is 0 Å². The number of nitrogens with zero attached hydrogens (tertiary/aromatic N) is 4. The van der Waals surface area contributed by atoms with Crippen molar-refractivity contribution in [3.05, 3.63) is 34.2 Å². The van der Waals surface area contributed by atoms with Crippen LogP contribution in [0.2, 0.25) is 0 Å². The molecule has 2 atom stereocenters. The van der Waals surface area contributed by atoms with E-state index in [4.69, 9.17) is 4.42 Å². The lowest BCUT2D eigenvalue weighted by molar-refractivity contribution is 0.0997. The number of H-pyrrole nitrogens is 1. The van der Waals surface area contributed by atoms with E-state index in [1.54, 1.807) is 0 Å². The maximum absolute atomic E-state index is 5.63. The number of piperidine rings is 1. The monoisotopic (exact) mass is 367 g/mol. The van der Waals surface area contributed by atoms with Crippen LogP contribution in [-0.4, -0.2) is 58.2 Å². The molecule has 0 bridgehead atoms. The van der Waals surface area contributed by atoms with Gasteiger partial charge in [-0.1, -0.05) is 0 Å². The molecule has 1 saturated heterocycles. The van der Waals surface area contributed by atoms with E-state index in [2.05, 4.69) is 55.0 Å². The summed E-state index contributed by atoms with van der Waals surface area (Å²) in [7, 11) is 4.26. The second-order valence-electron chi connectivity index (χ2n) is 6.15. The maximum atomic E-state index is 5.63. The second kappa shape index (κ2) is 6.52. The van der Waals surface area contributed by atoms with Crippen LogP contribution >= 0.6 is 15.9 Å². The first-order valence-electron chi connectivity index (χ1n) is 7.55. The number of nitrogens with one attached hydrogen (secondary N) is 1. The number of likely N-dealkylation sites (tertiary alicyclic amines) is 1. The fourth-order valence-corrected chi connectivity index (χ4v) is 3.49. The third-order valence-corrected chi connectivity index (χ3v) is 4.71. The number of aromatic amines is 1. The van der Waals surface area contributed by atoms with E-state index in [0.717, 1.165) is 48.1 Å². The van der Waals surface area contributed by atoms with Gasteiger partial charge in [0, 0.05) is 18.5 Å². The van der Waals surface area contributed by atoms with Gasteiger partial charge in [-0.15, -0.1) is 0 Å². The molecule has 2 aromatic heterocycles. The molecule has 2 aromatic rings. The van der Waals surface area contributed by atoms with Crippen LogP contribution in [-0.2, 0) is 6.54 Å². The fraction of sp³-hybridized carbons (Fsp3) is 0.600. The summed E-state index contributed by atoms with van der Waals surface area (Å²) in [5, 5.41) is 7.34. The van der Waals surface area contributed by atoms with Gasteiger partial charge in [0.15, 0.2) is 10.5 Å². The molecule has 3 rings (SSSR count). The topological polar surface area (TPSA) is 61.2 Å². The van der Waals surface area contributed by atoms with E-state index in [-0.39, 0.29) is 0 Å². The van der Waals surface area contributed by atoms with Gasteiger partial charge in [0.1, 0.15) is 11.6 Å². The molecule has 3 heterocycles. The van der Waals surface area contributed by atoms with Crippen LogP contribution in [0.4, 0.5) is 0 Å². The number of hydrogen-bond donors (Lipinski definition) is 1. The Hall–Kier alpha value is -1.18.